The standard InChI is InChI=1S/C18H21F3N4O3/c19-18(20,21)11-25-13-4-1-3-12(24-6-9-27-10-7-24)15(13)16(23-25)22-17(26)14-5-2-8-28-14/h1,3-4,14H,2,5-11H2,(H,22,23,26)/t14-/m1/s1. The summed E-state index contributed by atoms with van der Waals surface area (Å²) >= 11 is 0. The number of halogens is 3. The Hall–Kier alpha value is -2.33. The molecule has 1 atom stereocenters. The van der Waals surface area contributed by atoms with Crippen molar-refractivity contribution in [3.05, 3.63) is 18.2 Å². The summed E-state index contributed by atoms with van der Waals surface area (Å²) < 4.78 is 50.8. The zero-order chi connectivity index (χ0) is 19.7. The number of amides is 1. The maximum atomic E-state index is 13.0. The van der Waals surface area contributed by atoms with Crippen LogP contribution in [0.3, 0.4) is 0 Å². The molecule has 2 saturated heterocycles. The molecule has 2 fully saturated rings. The second kappa shape index (κ2) is 7.59. The largest absolute Gasteiger partial charge is 0.408 e. The van der Waals surface area contributed by atoms with E-state index < -0.39 is 18.8 Å². The van der Waals surface area contributed by atoms with Crippen LogP contribution in [-0.2, 0) is 20.8 Å². The zero-order valence-electron chi connectivity index (χ0n) is 15.2. The third-order valence-corrected chi connectivity index (χ3v) is 4.90. The second-order valence-corrected chi connectivity index (χ2v) is 6.88. The average Bonchev–Trinajstić information content (AvgIpc) is 3.30. The van der Waals surface area contributed by atoms with Crippen LogP contribution in [0.25, 0.3) is 10.9 Å². The highest BCUT2D eigenvalue weighted by molar-refractivity contribution is 6.07. The maximum absolute atomic E-state index is 13.0. The fourth-order valence-corrected chi connectivity index (χ4v) is 3.64. The molecule has 0 saturated carbocycles. The molecule has 10 heteroatoms. The van der Waals surface area contributed by atoms with Crippen LogP contribution in [-0.4, -0.2) is 60.9 Å². The Kier molecular flexibility index (Phi) is 5.15. The molecular weight excluding hydrogens is 377 g/mol. The summed E-state index contributed by atoms with van der Waals surface area (Å²) in [4.78, 5) is 14.5. The van der Waals surface area contributed by atoms with Crippen LogP contribution < -0.4 is 10.2 Å². The summed E-state index contributed by atoms with van der Waals surface area (Å²) in [5.41, 5.74) is 1.06. The number of carbonyl (C=O) groups is 1. The van der Waals surface area contributed by atoms with Gasteiger partial charge in [-0.25, -0.2) is 0 Å². The topological polar surface area (TPSA) is 68.6 Å². The quantitative estimate of drug-likeness (QED) is 0.857. The third kappa shape index (κ3) is 3.93. The summed E-state index contributed by atoms with van der Waals surface area (Å²) in [6.07, 6.45) is -3.66. The van der Waals surface area contributed by atoms with E-state index in [9.17, 15) is 18.0 Å². The van der Waals surface area contributed by atoms with Gasteiger partial charge in [0.05, 0.1) is 29.8 Å². The van der Waals surface area contributed by atoms with Crippen LogP contribution in [0.15, 0.2) is 18.2 Å². The van der Waals surface area contributed by atoms with Gasteiger partial charge in [-0.2, -0.15) is 18.3 Å². The molecule has 1 amide bonds. The summed E-state index contributed by atoms with van der Waals surface area (Å²) in [5, 5.41) is 7.28. The molecule has 28 heavy (non-hydrogen) atoms. The van der Waals surface area contributed by atoms with Gasteiger partial charge < -0.3 is 19.7 Å². The number of hydrogen-bond acceptors (Lipinski definition) is 5. The number of alkyl halides is 3. The van der Waals surface area contributed by atoms with E-state index in [2.05, 4.69) is 10.4 Å². The maximum Gasteiger partial charge on any atom is 0.408 e. The predicted octanol–water partition coefficient (Wildman–Crippen LogP) is 2.55. The lowest BCUT2D eigenvalue weighted by atomic mass is 10.1. The van der Waals surface area contributed by atoms with Crippen LogP contribution in [0.4, 0.5) is 24.7 Å². The molecule has 4 rings (SSSR count). The van der Waals surface area contributed by atoms with Crippen LogP contribution in [0.2, 0.25) is 0 Å². The van der Waals surface area contributed by atoms with Gasteiger partial charge >= 0.3 is 6.18 Å². The average molecular weight is 398 g/mol. The van der Waals surface area contributed by atoms with Gasteiger partial charge in [0.2, 0.25) is 0 Å². The smallest absolute Gasteiger partial charge is 0.378 e. The first-order valence-corrected chi connectivity index (χ1v) is 9.24. The Morgan fingerprint density at radius 3 is 2.71 bits per heavy atom. The first-order chi connectivity index (χ1) is 13.4. The van der Waals surface area contributed by atoms with Gasteiger partial charge in [0, 0.05) is 19.7 Å². The Balaban J connectivity index is 1.75. The second-order valence-electron chi connectivity index (χ2n) is 6.88. The van der Waals surface area contributed by atoms with E-state index in [-0.39, 0.29) is 11.7 Å². The highest BCUT2D eigenvalue weighted by Crippen LogP contribution is 2.35. The number of rotatable bonds is 4. The van der Waals surface area contributed by atoms with Crippen molar-refractivity contribution in [3.63, 3.8) is 0 Å². The van der Waals surface area contributed by atoms with E-state index in [1.807, 2.05) is 11.0 Å². The number of hydrogen-bond donors (Lipinski definition) is 1. The van der Waals surface area contributed by atoms with Gasteiger partial charge in [-0.05, 0) is 25.0 Å². The van der Waals surface area contributed by atoms with Gasteiger partial charge in [0.1, 0.15) is 12.6 Å². The normalized spacial score (nSPS) is 20.7. The minimum Gasteiger partial charge on any atom is -0.378 e. The third-order valence-electron chi connectivity index (χ3n) is 4.90. The molecule has 1 N–H and O–H groups in total. The van der Waals surface area contributed by atoms with Crippen molar-refractivity contribution in [2.24, 2.45) is 0 Å². The molecule has 2 aliphatic rings. The van der Waals surface area contributed by atoms with Gasteiger partial charge in [-0.3, -0.25) is 9.48 Å². The number of morpholine rings is 1. The Bertz CT molecular complexity index is 856. The molecule has 0 radical (unpaired) electrons. The molecule has 152 valence electrons. The van der Waals surface area contributed by atoms with Crippen molar-refractivity contribution in [1.29, 1.82) is 0 Å². The Labute approximate surface area is 159 Å². The molecule has 2 aliphatic heterocycles. The minimum atomic E-state index is -4.43. The van der Waals surface area contributed by atoms with E-state index >= 15 is 0 Å². The van der Waals surface area contributed by atoms with Gasteiger partial charge in [-0.1, -0.05) is 6.07 Å². The molecule has 0 unspecified atom stereocenters. The van der Waals surface area contributed by atoms with E-state index in [1.165, 1.54) is 0 Å². The van der Waals surface area contributed by atoms with Crippen LogP contribution in [0.1, 0.15) is 12.8 Å². The number of anilines is 2. The van der Waals surface area contributed by atoms with Crippen molar-refractivity contribution in [3.8, 4) is 0 Å². The number of fused-ring (bicyclic) bond motifs is 1. The lowest BCUT2D eigenvalue weighted by Crippen LogP contribution is -2.36. The number of aromatic nitrogens is 2. The van der Waals surface area contributed by atoms with Crippen molar-refractivity contribution in [2.75, 3.05) is 43.1 Å². The Morgan fingerprint density at radius 1 is 1.25 bits per heavy atom. The SMILES string of the molecule is O=C(Nc1nn(CC(F)(F)F)c2cccc(N3CCOCC3)c12)[C@H]1CCCO1. The molecular formula is C18H21F3N4O3. The van der Waals surface area contributed by atoms with Crippen molar-refractivity contribution < 1.29 is 27.4 Å². The number of benzene rings is 1. The van der Waals surface area contributed by atoms with E-state index in [0.717, 1.165) is 16.8 Å². The van der Waals surface area contributed by atoms with Gasteiger partial charge in [0.15, 0.2) is 5.82 Å². The van der Waals surface area contributed by atoms with E-state index in [4.69, 9.17) is 9.47 Å². The lowest BCUT2D eigenvalue weighted by molar-refractivity contribution is -0.141. The Morgan fingerprint density at radius 2 is 2.04 bits per heavy atom. The fraction of sp³-hybridized carbons (Fsp3) is 0.556. The summed E-state index contributed by atoms with van der Waals surface area (Å²) in [5.74, 6) is -0.255. The number of nitrogens with zero attached hydrogens (tertiary/aromatic N) is 3. The number of nitrogens with one attached hydrogen (secondary N) is 1. The van der Waals surface area contributed by atoms with Crippen LogP contribution in [0, 0.1) is 0 Å². The van der Waals surface area contributed by atoms with E-state index in [1.54, 1.807) is 12.1 Å². The predicted molar refractivity (Wildman–Crippen MR) is 96.4 cm³/mol. The highest BCUT2D eigenvalue weighted by Gasteiger charge is 2.32. The minimum absolute atomic E-state index is 0.127. The fourth-order valence-electron chi connectivity index (χ4n) is 3.64. The molecule has 2 aromatic rings. The van der Waals surface area contributed by atoms with Crippen molar-refractivity contribution in [2.45, 2.75) is 31.7 Å². The zero-order valence-corrected chi connectivity index (χ0v) is 15.2. The number of ether oxygens (including phenoxy) is 2. The lowest BCUT2D eigenvalue weighted by Gasteiger charge is -2.29. The monoisotopic (exact) mass is 398 g/mol. The van der Waals surface area contributed by atoms with Crippen LogP contribution in [0.5, 0.6) is 0 Å². The van der Waals surface area contributed by atoms with Gasteiger partial charge in [0.25, 0.3) is 5.91 Å². The molecule has 0 aliphatic carbocycles. The summed E-state index contributed by atoms with van der Waals surface area (Å²) in [7, 11) is 0. The molecule has 3 heterocycles. The highest BCUT2D eigenvalue weighted by atomic mass is 19.4. The summed E-state index contributed by atoms with van der Waals surface area (Å²) in [6, 6.07) is 5.11. The molecule has 0 bridgehead atoms. The van der Waals surface area contributed by atoms with Crippen molar-refractivity contribution >= 4 is 28.3 Å². The van der Waals surface area contributed by atoms with Gasteiger partial charge in [-0.15, -0.1) is 0 Å². The first-order valence-electron chi connectivity index (χ1n) is 9.24. The molecule has 1 aromatic carbocycles. The van der Waals surface area contributed by atoms with Crippen LogP contribution >= 0.6 is 0 Å². The first kappa shape index (κ1) is 19.0. The molecule has 0 spiro atoms. The summed E-state index contributed by atoms with van der Waals surface area (Å²) in [6.45, 7) is 1.56. The van der Waals surface area contributed by atoms with E-state index in [0.29, 0.717) is 50.2 Å². The molecule has 1 aromatic heterocycles. The molecule has 7 nitrogen and oxygen atoms in total. The number of carbonyl (C=O) groups excluding carboxylic acids is 1. The van der Waals surface area contributed by atoms with Crippen molar-refractivity contribution in [1.82, 2.24) is 9.78 Å².